The fraction of sp³-hybridized carbons (Fsp3) is 0.875. The van der Waals surface area contributed by atoms with Gasteiger partial charge in [0.2, 0.25) is 0 Å². The minimum atomic E-state index is -0.526. The van der Waals surface area contributed by atoms with Crippen LogP contribution in [0.5, 0.6) is 0 Å². The number of hydrogen-bond donors (Lipinski definition) is 2. The highest BCUT2D eigenvalue weighted by molar-refractivity contribution is 5.27. The van der Waals surface area contributed by atoms with Crippen LogP contribution in [-0.4, -0.2) is 42.4 Å². The summed E-state index contributed by atoms with van der Waals surface area (Å²) in [4.78, 5) is 0. The van der Waals surface area contributed by atoms with Crippen molar-refractivity contribution in [1.82, 2.24) is 0 Å². The van der Waals surface area contributed by atoms with Crippen molar-refractivity contribution >= 4 is 0 Å². The Morgan fingerprint density at radius 2 is 2.05 bits per heavy atom. The Bertz CT molecular complexity index is 423. The van der Waals surface area contributed by atoms with E-state index in [2.05, 4.69) is 20.4 Å². The van der Waals surface area contributed by atoms with E-state index in [4.69, 9.17) is 9.47 Å². The molecule has 0 aromatic carbocycles. The van der Waals surface area contributed by atoms with Gasteiger partial charge in [-0.05, 0) is 36.7 Å². The molecule has 0 radical (unpaired) electrons. The van der Waals surface area contributed by atoms with E-state index in [1.165, 1.54) is 0 Å². The Balaban J connectivity index is 2.03. The van der Waals surface area contributed by atoms with Crippen LogP contribution in [0.15, 0.2) is 12.2 Å². The van der Waals surface area contributed by atoms with Crippen molar-refractivity contribution in [1.29, 1.82) is 0 Å². The predicted octanol–water partition coefficient (Wildman–Crippen LogP) is 1.71. The minimum Gasteiger partial charge on any atom is -0.393 e. The first-order chi connectivity index (χ1) is 9.37. The number of fused-ring (bicyclic) bond motifs is 1. The molecule has 20 heavy (non-hydrogen) atoms. The summed E-state index contributed by atoms with van der Waals surface area (Å²) < 4.78 is 11.2. The molecule has 1 aliphatic heterocycles. The Morgan fingerprint density at radius 1 is 1.35 bits per heavy atom. The lowest BCUT2D eigenvalue weighted by molar-refractivity contribution is -0.175. The maximum Gasteiger partial charge on any atom is 0.169 e. The van der Waals surface area contributed by atoms with Crippen LogP contribution in [0.2, 0.25) is 0 Å². The van der Waals surface area contributed by atoms with Gasteiger partial charge in [-0.3, -0.25) is 0 Å². The second-order valence-electron chi connectivity index (χ2n) is 7.22. The van der Waals surface area contributed by atoms with Crippen LogP contribution in [0.3, 0.4) is 0 Å². The molecule has 0 bridgehead atoms. The van der Waals surface area contributed by atoms with Gasteiger partial charge in [0.15, 0.2) is 6.29 Å². The summed E-state index contributed by atoms with van der Waals surface area (Å²) in [5.74, 6) is 0.559. The predicted molar refractivity (Wildman–Crippen MR) is 74.9 cm³/mol. The van der Waals surface area contributed by atoms with Gasteiger partial charge in [-0.15, -0.1) is 0 Å². The summed E-state index contributed by atoms with van der Waals surface area (Å²) in [6.45, 7) is 8.89. The average molecular weight is 282 g/mol. The lowest BCUT2D eigenvalue weighted by Crippen LogP contribution is -2.50. The third kappa shape index (κ3) is 1.56. The van der Waals surface area contributed by atoms with Crippen LogP contribution in [0.4, 0.5) is 0 Å². The first kappa shape index (κ1) is 14.5. The SMILES string of the molecule is C=C1CO[C@H](OC)C12C[C@@H]1C[C@@H](O)C[C@@H](C)[C@]1(C)[C@H]2O. The van der Waals surface area contributed by atoms with Gasteiger partial charge in [-0.2, -0.15) is 0 Å². The molecule has 1 spiro atoms. The van der Waals surface area contributed by atoms with E-state index in [-0.39, 0.29) is 23.4 Å². The van der Waals surface area contributed by atoms with E-state index in [1.807, 2.05) is 0 Å². The molecule has 2 aliphatic carbocycles. The molecule has 114 valence electrons. The summed E-state index contributed by atoms with van der Waals surface area (Å²) in [5, 5.41) is 21.2. The highest BCUT2D eigenvalue weighted by Crippen LogP contribution is 2.66. The van der Waals surface area contributed by atoms with Gasteiger partial charge in [-0.1, -0.05) is 20.4 Å². The molecule has 4 heteroatoms. The van der Waals surface area contributed by atoms with Crippen LogP contribution in [-0.2, 0) is 9.47 Å². The van der Waals surface area contributed by atoms with E-state index in [0.717, 1.165) is 24.8 Å². The smallest absolute Gasteiger partial charge is 0.169 e. The summed E-state index contributed by atoms with van der Waals surface area (Å²) in [5.41, 5.74) is 0.230. The van der Waals surface area contributed by atoms with Crippen molar-refractivity contribution < 1.29 is 19.7 Å². The summed E-state index contributed by atoms with van der Waals surface area (Å²) in [6.07, 6.45) is 1.10. The molecular weight excluding hydrogens is 256 g/mol. The zero-order valence-electron chi connectivity index (χ0n) is 12.6. The molecule has 3 aliphatic rings. The van der Waals surface area contributed by atoms with Crippen LogP contribution < -0.4 is 0 Å². The molecule has 3 rings (SSSR count). The topological polar surface area (TPSA) is 58.9 Å². The average Bonchev–Trinajstić information content (AvgIpc) is 2.82. The van der Waals surface area contributed by atoms with Gasteiger partial charge in [-0.25, -0.2) is 0 Å². The molecule has 0 amide bonds. The molecule has 1 saturated heterocycles. The Hall–Kier alpha value is -0.420. The second-order valence-corrected chi connectivity index (χ2v) is 7.22. The maximum absolute atomic E-state index is 11.2. The molecular formula is C16H26O4. The number of aliphatic hydroxyl groups is 2. The van der Waals surface area contributed by atoms with Gasteiger partial charge in [0, 0.05) is 12.5 Å². The molecule has 7 atom stereocenters. The Morgan fingerprint density at radius 3 is 2.70 bits per heavy atom. The van der Waals surface area contributed by atoms with Gasteiger partial charge in [0.1, 0.15) is 0 Å². The number of ether oxygens (including phenoxy) is 2. The van der Waals surface area contributed by atoms with Gasteiger partial charge in [0.25, 0.3) is 0 Å². The highest BCUT2D eigenvalue weighted by Gasteiger charge is 2.68. The first-order valence-corrected chi connectivity index (χ1v) is 7.56. The van der Waals surface area contributed by atoms with E-state index in [9.17, 15) is 10.2 Å². The van der Waals surface area contributed by atoms with E-state index < -0.39 is 17.8 Å². The maximum atomic E-state index is 11.2. The van der Waals surface area contributed by atoms with Crippen molar-refractivity contribution in [3.05, 3.63) is 12.2 Å². The van der Waals surface area contributed by atoms with Crippen LogP contribution >= 0.6 is 0 Å². The third-order valence-electron chi connectivity index (χ3n) is 6.49. The van der Waals surface area contributed by atoms with Crippen molar-refractivity contribution in [2.75, 3.05) is 13.7 Å². The largest absolute Gasteiger partial charge is 0.393 e. The van der Waals surface area contributed by atoms with Crippen molar-refractivity contribution in [2.24, 2.45) is 22.7 Å². The van der Waals surface area contributed by atoms with Gasteiger partial charge in [0.05, 0.1) is 24.2 Å². The zero-order valence-corrected chi connectivity index (χ0v) is 12.6. The monoisotopic (exact) mass is 282 g/mol. The van der Waals surface area contributed by atoms with Crippen LogP contribution in [0.25, 0.3) is 0 Å². The van der Waals surface area contributed by atoms with Crippen LogP contribution in [0, 0.1) is 22.7 Å². The summed E-state index contributed by atoms with van der Waals surface area (Å²) in [6, 6.07) is 0. The molecule has 2 N–H and O–H groups in total. The molecule has 0 aromatic heterocycles. The van der Waals surface area contributed by atoms with Crippen LogP contribution in [0.1, 0.15) is 33.1 Å². The van der Waals surface area contributed by atoms with E-state index >= 15 is 0 Å². The number of rotatable bonds is 1. The van der Waals surface area contributed by atoms with E-state index in [0.29, 0.717) is 6.61 Å². The quantitative estimate of drug-likeness (QED) is 0.719. The molecule has 2 saturated carbocycles. The number of methoxy groups -OCH3 is 1. The molecule has 4 nitrogen and oxygen atoms in total. The highest BCUT2D eigenvalue weighted by atomic mass is 16.7. The standard InChI is InChI=1S/C16H26O4/c1-9-5-12(17)6-11-7-16(13(18)15(9,11)3)10(2)8-20-14(16)19-4/h9,11-14,17-18H,2,5-8H2,1,3-4H3/t9-,11+,12+,13-,14+,15+,16?/m1/s1. The van der Waals surface area contributed by atoms with Gasteiger partial charge >= 0.3 is 0 Å². The molecule has 1 unspecified atom stereocenters. The normalized spacial score (nSPS) is 55.5. The van der Waals surface area contributed by atoms with E-state index in [1.54, 1.807) is 7.11 Å². The lowest BCUT2D eigenvalue weighted by Gasteiger charge is -2.47. The third-order valence-corrected chi connectivity index (χ3v) is 6.49. The molecule has 3 fully saturated rings. The molecule has 0 aromatic rings. The molecule has 1 heterocycles. The summed E-state index contributed by atoms with van der Waals surface area (Å²) in [7, 11) is 1.63. The van der Waals surface area contributed by atoms with Gasteiger partial charge < -0.3 is 19.7 Å². The fourth-order valence-electron chi connectivity index (χ4n) is 5.08. The lowest BCUT2D eigenvalue weighted by atomic mass is 9.61. The Kier molecular flexibility index (Phi) is 3.29. The number of aliphatic hydroxyl groups excluding tert-OH is 2. The zero-order chi connectivity index (χ0) is 14.7. The fourth-order valence-corrected chi connectivity index (χ4v) is 5.08. The Labute approximate surface area is 120 Å². The summed E-state index contributed by atoms with van der Waals surface area (Å²) >= 11 is 0. The van der Waals surface area contributed by atoms with Crippen molar-refractivity contribution in [3.63, 3.8) is 0 Å². The number of hydrogen-bond acceptors (Lipinski definition) is 4. The minimum absolute atomic E-state index is 0.202. The first-order valence-electron chi connectivity index (χ1n) is 7.56. The second kappa shape index (κ2) is 4.54. The van der Waals surface area contributed by atoms with Crippen molar-refractivity contribution in [3.8, 4) is 0 Å². The van der Waals surface area contributed by atoms with Crippen molar-refractivity contribution in [2.45, 2.75) is 51.6 Å².